The third kappa shape index (κ3) is 6.26. The maximum atomic E-state index is 13.2. The summed E-state index contributed by atoms with van der Waals surface area (Å²) in [6.45, 7) is 5.33. The Hall–Kier alpha value is -5.70. The number of imide groups is 2. The fraction of sp³-hybridized carbons (Fsp3) is 0.435. The monoisotopic (exact) mass is 808 g/mol. The number of fused-ring (bicyclic) bond motifs is 4. The number of nitrogens with one attached hydrogen (secondary N) is 1. The molecule has 0 bridgehead atoms. The number of benzene rings is 2. The minimum atomic E-state index is -0.964. The summed E-state index contributed by atoms with van der Waals surface area (Å²) in [4.78, 5) is 67.5. The highest BCUT2D eigenvalue weighted by Crippen LogP contribution is 2.51. The molecule has 14 nitrogen and oxygen atoms in total. The first kappa shape index (κ1) is 37.3. The molecule has 1 unspecified atom stereocenters. The van der Waals surface area contributed by atoms with Gasteiger partial charge in [-0.25, -0.2) is 4.98 Å². The number of hydrogen-bond donors (Lipinski definition) is 1. The molecular formula is C46H48N8O6. The van der Waals surface area contributed by atoms with E-state index in [0.717, 1.165) is 54.2 Å². The zero-order valence-corrected chi connectivity index (χ0v) is 33.9. The van der Waals surface area contributed by atoms with Crippen molar-refractivity contribution in [1.82, 2.24) is 34.6 Å². The van der Waals surface area contributed by atoms with Crippen LogP contribution in [0.1, 0.15) is 59.2 Å². The van der Waals surface area contributed by atoms with Crippen molar-refractivity contribution in [3.8, 4) is 17.0 Å². The number of aryl methyl sites for hydroxylation is 1. The highest BCUT2D eigenvalue weighted by molar-refractivity contribution is 6.23. The van der Waals surface area contributed by atoms with E-state index in [1.807, 2.05) is 30.7 Å². The number of anilines is 1. The van der Waals surface area contributed by atoms with Crippen LogP contribution in [0.3, 0.4) is 0 Å². The fourth-order valence-corrected chi connectivity index (χ4v) is 10.6. The van der Waals surface area contributed by atoms with Gasteiger partial charge in [0, 0.05) is 123 Å². The molecule has 2 saturated carbocycles. The quantitative estimate of drug-likeness (QED) is 0.190. The molecule has 5 fully saturated rings. The molecule has 60 heavy (non-hydrogen) atoms. The van der Waals surface area contributed by atoms with Gasteiger partial charge in [0.1, 0.15) is 12.1 Å². The minimum absolute atomic E-state index is 0.0985. The van der Waals surface area contributed by atoms with Crippen LogP contribution in [-0.2, 0) is 21.4 Å². The molecule has 0 radical (unpaired) electrons. The highest BCUT2D eigenvalue weighted by Gasteiger charge is 2.54. The van der Waals surface area contributed by atoms with Crippen molar-refractivity contribution < 1.29 is 28.7 Å². The number of hydrogen-bond acceptors (Lipinski definition) is 11. The molecule has 1 N–H and O–H groups in total. The summed E-state index contributed by atoms with van der Waals surface area (Å²) < 4.78 is 14.7. The molecule has 3 aromatic heterocycles. The highest BCUT2D eigenvalue weighted by atomic mass is 16.5. The van der Waals surface area contributed by atoms with Crippen LogP contribution in [0.5, 0.6) is 5.88 Å². The predicted octanol–water partition coefficient (Wildman–Crippen LogP) is 4.40. The average molecular weight is 809 g/mol. The Kier molecular flexibility index (Phi) is 8.83. The van der Waals surface area contributed by atoms with Gasteiger partial charge in [-0.15, -0.1) is 0 Å². The van der Waals surface area contributed by atoms with Gasteiger partial charge in [0.2, 0.25) is 17.7 Å². The van der Waals surface area contributed by atoms with E-state index >= 15 is 0 Å². The molecular weight excluding hydrogens is 761 g/mol. The summed E-state index contributed by atoms with van der Waals surface area (Å²) in [6, 6.07) is 18.2. The maximum Gasteiger partial charge on any atom is 0.262 e. The standard InChI is InChI=1S/C46H48N8O6/c1-50(30-16-32(17-30)60-42-10-4-28(21-48-42)27-3-6-34-37-22-47-12-11-38(37)51(2)40(34)15-27)31-19-46(20-31)25-52(26-46)13-14-59-33-23-53(24-33)29-5-7-35-36(18-29)45(58)54(44(35)57)39-8-9-41(55)49-43(39)56/h3-7,10-12,15,18,21-22,30-33,39H,8-9,13-14,16-17,19-20,23-26H2,1-2H3,(H,49,55,56)/t30-,32-,39?. The van der Waals surface area contributed by atoms with Gasteiger partial charge in [-0.1, -0.05) is 12.1 Å². The number of pyridine rings is 2. The van der Waals surface area contributed by atoms with Gasteiger partial charge >= 0.3 is 0 Å². The van der Waals surface area contributed by atoms with Crippen molar-refractivity contribution in [1.29, 1.82) is 0 Å². The van der Waals surface area contributed by atoms with E-state index in [9.17, 15) is 19.2 Å². The number of rotatable bonds is 11. The Morgan fingerprint density at radius 3 is 2.43 bits per heavy atom. The smallest absolute Gasteiger partial charge is 0.262 e. The van der Waals surface area contributed by atoms with Gasteiger partial charge in [-0.05, 0) is 73.7 Å². The maximum absolute atomic E-state index is 13.2. The van der Waals surface area contributed by atoms with Crippen LogP contribution in [0, 0.1) is 5.41 Å². The van der Waals surface area contributed by atoms with Gasteiger partial charge in [0.15, 0.2) is 0 Å². The molecule has 4 amide bonds. The van der Waals surface area contributed by atoms with Gasteiger partial charge in [-0.3, -0.25) is 39.3 Å². The number of likely N-dealkylation sites (tertiary alicyclic amines) is 1. The normalized spacial score (nSPS) is 24.1. The molecule has 7 heterocycles. The van der Waals surface area contributed by atoms with Crippen LogP contribution in [0.25, 0.3) is 32.9 Å². The van der Waals surface area contributed by atoms with Crippen molar-refractivity contribution in [2.45, 2.75) is 68.9 Å². The lowest BCUT2D eigenvalue weighted by Crippen LogP contribution is -2.68. The van der Waals surface area contributed by atoms with Crippen LogP contribution < -0.4 is 15.0 Å². The van der Waals surface area contributed by atoms with E-state index < -0.39 is 23.8 Å². The van der Waals surface area contributed by atoms with Crippen LogP contribution in [-0.4, -0.2) is 130 Å². The third-order valence-electron chi connectivity index (χ3n) is 14.2. The lowest BCUT2D eigenvalue weighted by atomic mass is 9.60. The number of amides is 4. The van der Waals surface area contributed by atoms with Crippen LogP contribution >= 0.6 is 0 Å². The van der Waals surface area contributed by atoms with Crippen molar-refractivity contribution in [2.75, 3.05) is 51.3 Å². The van der Waals surface area contributed by atoms with Crippen LogP contribution in [0.2, 0.25) is 0 Å². The predicted molar refractivity (Wildman–Crippen MR) is 224 cm³/mol. The molecule has 11 rings (SSSR count). The van der Waals surface area contributed by atoms with Crippen molar-refractivity contribution in [3.05, 3.63) is 84.3 Å². The van der Waals surface area contributed by atoms with Crippen molar-refractivity contribution >= 4 is 51.1 Å². The SMILES string of the molecule is Cn1c2ccncc2c2ccc(-c3ccc(O[C@H]4C[C@H](N(C)C5CC6(C5)CN(CCOC5CN(c7ccc8c(c7)C(=O)N(C7CCC(=O)NC7=O)C8=O)C5)C6)C4)nc3)cc21. The average Bonchev–Trinajstić information content (AvgIpc) is 3.61. The van der Waals surface area contributed by atoms with E-state index in [1.165, 1.54) is 34.6 Å². The zero-order chi connectivity index (χ0) is 40.9. The lowest BCUT2D eigenvalue weighted by molar-refractivity contribution is -0.136. The van der Waals surface area contributed by atoms with Gasteiger partial charge in [-0.2, -0.15) is 0 Å². The first-order chi connectivity index (χ1) is 29.1. The Morgan fingerprint density at radius 1 is 0.850 bits per heavy atom. The third-order valence-corrected chi connectivity index (χ3v) is 14.2. The van der Waals surface area contributed by atoms with E-state index in [0.29, 0.717) is 54.2 Å². The molecule has 308 valence electrons. The summed E-state index contributed by atoms with van der Waals surface area (Å²) in [7, 11) is 4.39. The Balaban J connectivity index is 0.584. The summed E-state index contributed by atoms with van der Waals surface area (Å²) >= 11 is 0. The van der Waals surface area contributed by atoms with Crippen molar-refractivity contribution in [3.63, 3.8) is 0 Å². The van der Waals surface area contributed by atoms with E-state index in [2.05, 4.69) is 79.0 Å². The molecule has 2 aliphatic carbocycles. The first-order valence-electron chi connectivity index (χ1n) is 21.2. The Labute approximate surface area is 347 Å². The van der Waals surface area contributed by atoms with Gasteiger partial charge < -0.3 is 23.8 Å². The van der Waals surface area contributed by atoms with Gasteiger partial charge in [0.25, 0.3) is 11.8 Å². The summed E-state index contributed by atoms with van der Waals surface area (Å²) in [5.41, 5.74) is 6.46. The zero-order valence-electron chi connectivity index (χ0n) is 33.9. The van der Waals surface area contributed by atoms with E-state index in [-0.39, 0.29) is 31.0 Å². The number of ether oxygens (including phenoxy) is 2. The van der Waals surface area contributed by atoms with E-state index in [1.54, 1.807) is 12.1 Å². The molecule has 14 heteroatoms. The molecule has 5 aromatic rings. The lowest BCUT2D eigenvalue weighted by Gasteiger charge is -2.62. The number of nitrogens with zero attached hydrogens (tertiary/aromatic N) is 7. The summed E-state index contributed by atoms with van der Waals surface area (Å²) in [6.07, 6.45) is 10.8. The van der Waals surface area contributed by atoms with Crippen LogP contribution in [0.15, 0.2) is 73.2 Å². The molecule has 2 aromatic carbocycles. The summed E-state index contributed by atoms with van der Waals surface area (Å²) in [5, 5.41) is 4.61. The first-order valence-corrected chi connectivity index (χ1v) is 21.2. The number of aromatic nitrogens is 3. The molecule has 3 saturated heterocycles. The van der Waals surface area contributed by atoms with Gasteiger partial charge in [0.05, 0.1) is 29.4 Å². The molecule has 1 atom stereocenters. The summed E-state index contributed by atoms with van der Waals surface area (Å²) in [5.74, 6) is -1.27. The second-order valence-corrected chi connectivity index (χ2v) is 17.9. The fourth-order valence-electron chi connectivity index (χ4n) is 10.6. The Morgan fingerprint density at radius 2 is 1.65 bits per heavy atom. The van der Waals surface area contributed by atoms with Crippen molar-refractivity contribution in [2.24, 2.45) is 12.5 Å². The number of carbonyl (C=O) groups is 4. The largest absolute Gasteiger partial charge is 0.474 e. The second-order valence-electron chi connectivity index (χ2n) is 17.9. The second kappa shape index (κ2) is 14.2. The Bertz CT molecular complexity index is 2560. The molecule has 1 spiro atoms. The van der Waals surface area contributed by atoms with E-state index in [4.69, 9.17) is 9.47 Å². The topological polar surface area (TPSA) is 142 Å². The minimum Gasteiger partial charge on any atom is -0.474 e. The number of piperidine rings is 1. The number of carbonyl (C=O) groups excluding carboxylic acids is 4. The molecule has 6 aliphatic rings. The molecule has 4 aliphatic heterocycles. The van der Waals surface area contributed by atoms with Crippen LogP contribution in [0.4, 0.5) is 5.69 Å².